The van der Waals surface area contributed by atoms with Gasteiger partial charge >= 0.3 is 6.09 Å². The zero-order chi connectivity index (χ0) is 16.5. The third-order valence-corrected chi connectivity index (χ3v) is 5.63. The zero-order valence-corrected chi connectivity index (χ0v) is 12.7. The number of halogens is 1. The van der Waals surface area contributed by atoms with E-state index in [0.29, 0.717) is 0 Å². The van der Waals surface area contributed by atoms with Gasteiger partial charge in [-0.05, 0) is 6.07 Å². The number of non-ortho nitro benzene ring substituents is 1. The molecule has 0 aromatic heterocycles. The highest BCUT2D eigenvalue weighted by molar-refractivity contribution is 7.89. The maximum atomic E-state index is 12.5. The Bertz CT molecular complexity index is 715. The van der Waals surface area contributed by atoms with Gasteiger partial charge in [-0.1, -0.05) is 11.6 Å². The molecule has 11 heteroatoms. The molecule has 1 aromatic rings. The molecule has 1 saturated heterocycles. The highest BCUT2D eigenvalue weighted by Crippen LogP contribution is 2.28. The van der Waals surface area contributed by atoms with E-state index in [4.69, 9.17) is 16.7 Å². The summed E-state index contributed by atoms with van der Waals surface area (Å²) in [6, 6.07) is 3.12. The minimum absolute atomic E-state index is 0.00193. The summed E-state index contributed by atoms with van der Waals surface area (Å²) < 4.78 is 26.1. The van der Waals surface area contributed by atoms with Gasteiger partial charge in [0, 0.05) is 38.3 Å². The molecule has 0 aliphatic carbocycles. The van der Waals surface area contributed by atoms with Gasteiger partial charge in [-0.2, -0.15) is 4.31 Å². The van der Waals surface area contributed by atoms with Gasteiger partial charge in [-0.15, -0.1) is 0 Å². The molecular formula is C11H12ClN3O6S. The van der Waals surface area contributed by atoms with Gasteiger partial charge in [0.2, 0.25) is 10.0 Å². The van der Waals surface area contributed by atoms with Crippen LogP contribution in [-0.2, 0) is 10.0 Å². The second kappa shape index (κ2) is 6.07. The van der Waals surface area contributed by atoms with Gasteiger partial charge < -0.3 is 10.0 Å². The number of benzene rings is 1. The highest BCUT2D eigenvalue weighted by Gasteiger charge is 2.31. The number of nitrogens with zero attached hydrogens (tertiary/aromatic N) is 3. The molecule has 1 N–H and O–H groups in total. The molecule has 1 fully saturated rings. The van der Waals surface area contributed by atoms with E-state index in [1.54, 1.807) is 0 Å². The van der Waals surface area contributed by atoms with Crippen molar-refractivity contribution in [1.82, 2.24) is 9.21 Å². The Labute approximate surface area is 130 Å². The fourth-order valence-electron chi connectivity index (χ4n) is 2.07. The maximum absolute atomic E-state index is 12.5. The first-order chi connectivity index (χ1) is 10.2. The van der Waals surface area contributed by atoms with Crippen LogP contribution in [0.3, 0.4) is 0 Å². The van der Waals surface area contributed by atoms with E-state index < -0.39 is 21.0 Å². The van der Waals surface area contributed by atoms with Gasteiger partial charge in [0.05, 0.1) is 9.95 Å². The molecule has 22 heavy (non-hydrogen) atoms. The lowest BCUT2D eigenvalue weighted by Crippen LogP contribution is -2.50. The number of nitro benzene ring substituents is 1. The SMILES string of the molecule is O=C(O)N1CCN(S(=O)(=O)c2ccc([N+](=O)[O-])cc2Cl)CC1. The summed E-state index contributed by atoms with van der Waals surface area (Å²) in [5.74, 6) is 0. The van der Waals surface area contributed by atoms with E-state index in [9.17, 15) is 23.3 Å². The van der Waals surface area contributed by atoms with E-state index in [1.807, 2.05) is 0 Å². The quantitative estimate of drug-likeness (QED) is 0.647. The number of piperazine rings is 1. The first kappa shape index (κ1) is 16.5. The summed E-state index contributed by atoms with van der Waals surface area (Å²) in [6.45, 7) is 0.113. The number of sulfonamides is 1. The van der Waals surface area contributed by atoms with Crippen LogP contribution in [0.15, 0.2) is 23.1 Å². The van der Waals surface area contributed by atoms with Crippen LogP contribution < -0.4 is 0 Å². The molecule has 1 aromatic carbocycles. The van der Waals surface area contributed by atoms with E-state index >= 15 is 0 Å². The summed E-state index contributed by atoms with van der Waals surface area (Å²) in [6.07, 6.45) is -1.11. The maximum Gasteiger partial charge on any atom is 0.407 e. The van der Waals surface area contributed by atoms with Crippen molar-refractivity contribution in [3.8, 4) is 0 Å². The first-order valence-corrected chi connectivity index (χ1v) is 7.97. The molecule has 2 rings (SSSR count). The highest BCUT2D eigenvalue weighted by atomic mass is 35.5. The molecule has 0 bridgehead atoms. The van der Waals surface area contributed by atoms with Gasteiger partial charge in [0.15, 0.2) is 0 Å². The lowest BCUT2D eigenvalue weighted by molar-refractivity contribution is -0.384. The molecule has 1 amide bonds. The predicted octanol–water partition coefficient (Wildman–Crippen LogP) is 1.23. The van der Waals surface area contributed by atoms with Crippen molar-refractivity contribution in [1.29, 1.82) is 0 Å². The zero-order valence-electron chi connectivity index (χ0n) is 11.2. The number of carbonyl (C=O) groups is 1. The Balaban J connectivity index is 2.25. The fraction of sp³-hybridized carbons (Fsp3) is 0.364. The Morgan fingerprint density at radius 1 is 1.27 bits per heavy atom. The largest absolute Gasteiger partial charge is 0.465 e. The topological polar surface area (TPSA) is 121 Å². The average Bonchev–Trinajstić information content (AvgIpc) is 2.46. The monoisotopic (exact) mass is 349 g/mol. The summed E-state index contributed by atoms with van der Waals surface area (Å²) in [5, 5.41) is 19.2. The van der Waals surface area contributed by atoms with Crippen molar-refractivity contribution in [3.05, 3.63) is 33.3 Å². The summed E-state index contributed by atoms with van der Waals surface area (Å²) >= 11 is 5.84. The van der Waals surface area contributed by atoms with E-state index in [0.717, 1.165) is 27.4 Å². The van der Waals surface area contributed by atoms with E-state index in [-0.39, 0.29) is 41.8 Å². The Kier molecular flexibility index (Phi) is 4.54. The molecule has 9 nitrogen and oxygen atoms in total. The van der Waals surface area contributed by atoms with Crippen LogP contribution >= 0.6 is 11.6 Å². The third-order valence-electron chi connectivity index (χ3n) is 3.25. The van der Waals surface area contributed by atoms with Crippen LogP contribution in [0.1, 0.15) is 0 Å². The van der Waals surface area contributed by atoms with Crippen LogP contribution in [0.25, 0.3) is 0 Å². The third kappa shape index (κ3) is 3.13. The Hall–Kier alpha value is -1.91. The van der Waals surface area contributed by atoms with Crippen LogP contribution in [-0.4, -0.2) is 59.9 Å². The average molecular weight is 350 g/mol. The van der Waals surface area contributed by atoms with Gasteiger partial charge in [-0.3, -0.25) is 10.1 Å². The van der Waals surface area contributed by atoms with Crippen molar-refractivity contribution in [3.63, 3.8) is 0 Å². The van der Waals surface area contributed by atoms with Crippen molar-refractivity contribution < 1.29 is 23.2 Å². The number of nitro groups is 1. The van der Waals surface area contributed by atoms with Crippen molar-refractivity contribution in [2.45, 2.75) is 4.90 Å². The minimum Gasteiger partial charge on any atom is -0.465 e. The van der Waals surface area contributed by atoms with Crippen LogP contribution in [0, 0.1) is 10.1 Å². The number of hydrogen-bond acceptors (Lipinski definition) is 5. The van der Waals surface area contributed by atoms with Crippen molar-refractivity contribution >= 4 is 33.4 Å². The van der Waals surface area contributed by atoms with E-state index in [1.165, 1.54) is 0 Å². The standard InChI is InChI=1S/C11H12ClN3O6S/c12-9-7-8(15(18)19)1-2-10(9)22(20,21)14-5-3-13(4-6-14)11(16)17/h1-2,7H,3-6H2,(H,16,17). The number of amides is 1. The summed E-state index contributed by atoms with van der Waals surface area (Å²) in [5.41, 5.74) is -0.306. The van der Waals surface area contributed by atoms with Gasteiger partial charge in [-0.25, -0.2) is 13.2 Å². The molecule has 0 atom stereocenters. The molecule has 0 spiro atoms. The Morgan fingerprint density at radius 3 is 2.32 bits per heavy atom. The number of carboxylic acid groups (broad SMARTS) is 1. The van der Waals surface area contributed by atoms with E-state index in [2.05, 4.69) is 0 Å². The molecule has 1 heterocycles. The second-order valence-electron chi connectivity index (χ2n) is 4.55. The molecule has 0 saturated carbocycles. The normalized spacial score (nSPS) is 16.5. The predicted molar refractivity (Wildman–Crippen MR) is 76.5 cm³/mol. The molecule has 120 valence electrons. The molecule has 0 radical (unpaired) electrons. The number of rotatable bonds is 3. The smallest absolute Gasteiger partial charge is 0.407 e. The van der Waals surface area contributed by atoms with Gasteiger partial charge in [0.1, 0.15) is 4.90 Å². The molecular weight excluding hydrogens is 338 g/mol. The lowest BCUT2D eigenvalue weighted by Gasteiger charge is -2.32. The molecule has 1 aliphatic heterocycles. The first-order valence-electron chi connectivity index (χ1n) is 6.15. The van der Waals surface area contributed by atoms with Gasteiger partial charge in [0.25, 0.3) is 5.69 Å². The van der Waals surface area contributed by atoms with Crippen molar-refractivity contribution in [2.75, 3.05) is 26.2 Å². The summed E-state index contributed by atoms with van der Waals surface area (Å²) in [4.78, 5) is 21.7. The molecule has 1 aliphatic rings. The minimum atomic E-state index is -3.93. The van der Waals surface area contributed by atoms with Crippen LogP contribution in [0.5, 0.6) is 0 Å². The molecule has 0 unspecified atom stereocenters. The van der Waals surface area contributed by atoms with Crippen LogP contribution in [0.2, 0.25) is 5.02 Å². The lowest BCUT2D eigenvalue weighted by atomic mass is 10.3. The second-order valence-corrected chi connectivity index (χ2v) is 6.86. The summed E-state index contributed by atoms with van der Waals surface area (Å²) in [7, 11) is -3.93. The van der Waals surface area contributed by atoms with Crippen molar-refractivity contribution in [2.24, 2.45) is 0 Å². The Morgan fingerprint density at radius 2 is 1.86 bits per heavy atom. The fourth-order valence-corrected chi connectivity index (χ4v) is 4.01. The van der Waals surface area contributed by atoms with Crippen LogP contribution in [0.4, 0.5) is 10.5 Å². The number of hydrogen-bond donors (Lipinski definition) is 1.